The molecule has 19 heavy (non-hydrogen) atoms. The van der Waals surface area contributed by atoms with Crippen molar-refractivity contribution in [1.29, 1.82) is 0 Å². The van der Waals surface area contributed by atoms with Crippen molar-refractivity contribution in [3.05, 3.63) is 27.7 Å². The van der Waals surface area contributed by atoms with Crippen molar-refractivity contribution in [1.82, 2.24) is 0 Å². The zero-order valence-corrected chi connectivity index (χ0v) is 13.4. The lowest BCUT2D eigenvalue weighted by Gasteiger charge is -2.14. The summed E-state index contributed by atoms with van der Waals surface area (Å²) in [5.74, 6) is 0.677. The van der Waals surface area contributed by atoms with Gasteiger partial charge in [0.15, 0.2) is 0 Å². The Balaban J connectivity index is 2.49. The van der Waals surface area contributed by atoms with Gasteiger partial charge in [-0.25, -0.2) is 0 Å². The second kappa shape index (κ2) is 7.50. The van der Waals surface area contributed by atoms with Gasteiger partial charge in [0, 0.05) is 15.4 Å². The molecule has 0 aliphatic carbocycles. The summed E-state index contributed by atoms with van der Waals surface area (Å²) in [7, 11) is 0. The van der Waals surface area contributed by atoms with Crippen LogP contribution in [0.3, 0.4) is 0 Å². The molecule has 1 aromatic carbocycles. The Morgan fingerprint density at radius 3 is 2.47 bits per heavy atom. The molecule has 108 valence electrons. The SMILES string of the molecule is Cc1cc(Br)cc(CBr)c1OCCOCC(F)(F)F. The van der Waals surface area contributed by atoms with Gasteiger partial charge in [0.25, 0.3) is 0 Å². The first-order valence-electron chi connectivity index (χ1n) is 5.46. The van der Waals surface area contributed by atoms with Crippen LogP contribution in [-0.2, 0) is 10.1 Å². The first kappa shape index (κ1) is 16.8. The van der Waals surface area contributed by atoms with E-state index in [1.54, 1.807) is 0 Å². The van der Waals surface area contributed by atoms with Crippen LogP contribution in [0.5, 0.6) is 5.75 Å². The molecule has 0 fully saturated rings. The van der Waals surface area contributed by atoms with Crippen LogP contribution in [0.15, 0.2) is 16.6 Å². The van der Waals surface area contributed by atoms with E-state index in [0.29, 0.717) is 11.1 Å². The largest absolute Gasteiger partial charge is 0.491 e. The van der Waals surface area contributed by atoms with Crippen molar-refractivity contribution in [3.63, 3.8) is 0 Å². The maximum atomic E-state index is 11.9. The molecule has 0 N–H and O–H groups in total. The van der Waals surface area contributed by atoms with Gasteiger partial charge < -0.3 is 9.47 Å². The molecular formula is C12H13Br2F3O2. The van der Waals surface area contributed by atoms with E-state index in [4.69, 9.17) is 4.74 Å². The number of rotatable bonds is 6. The average molecular weight is 406 g/mol. The van der Waals surface area contributed by atoms with Gasteiger partial charge in [-0.05, 0) is 24.6 Å². The highest BCUT2D eigenvalue weighted by atomic mass is 79.9. The van der Waals surface area contributed by atoms with Crippen molar-refractivity contribution in [2.45, 2.75) is 18.4 Å². The lowest BCUT2D eigenvalue weighted by atomic mass is 10.1. The quantitative estimate of drug-likeness (QED) is 0.508. The fraction of sp³-hybridized carbons (Fsp3) is 0.500. The van der Waals surface area contributed by atoms with Crippen LogP contribution in [0, 0.1) is 6.92 Å². The van der Waals surface area contributed by atoms with Crippen LogP contribution >= 0.6 is 31.9 Å². The molecule has 1 rings (SSSR count). The third kappa shape index (κ3) is 6.14. The number of ether oxygens (including phenoxy) is 2. The normalized spacial score (nSPS) is 11.7. The molecule has 0 saturated carbocycles. The Morgan fingerprint density at radius 2 is 1.89 bits per heavy atom. The van der Waals surface area contributed by atoms with Gasteiger partial charge in [0.05, 0.1) is 6.61 Å². The van der Waals surface area contributed by atoms with Gasteiger partial charge in [-0.2, -0.15) is 13.2 Å². The van der Waals surface area contributed by atoms with Crippen molar-refractivity contribution in [2.24, 2.45) is 0 Å². The minimum Gasteiger partial charge on any atom is -0.491 e. The van der Waals surface area contributed by atoms with E-state index in [1.807, 2.05) is 19.1 Å². The lowest BCUT2D eigenvalue weighted by Crippen LogP contribution is -2.19. The molecule has 0 amide bonds. The molecule has 0 unspecified atom stereocenters. The van der Waals surface area contributed by atoms with Gasteiger partial charge in [0.2, 0.25) is 0 Å². The van der Waals surface area contributed by atoms with Crippen LogP contribution in [0.4, 0.5) is 13.2 Å². The van der Waals surface area contributed by atoms with Gasteiger partial charge >= 0.3 is 6.18 Å². The third-order valence-electron chi connectivity index (χ3n) is 2.20. The van der Waals surface area contributed by atoms with E-state index in [-0.39, 0.29) is 13.2 Å². The van der Waals surface area contributed by atoms with E-state index in [0.717, 1.165) is 15.6 Å². The highest BCUT2D eigenvalue weighted by Gasteiger charge is 2.27. The summed E-state index contributed by atoms with van der Waals surface area (Å²) in [6.07, 6.45) is -4.30. The molecule has 0 aliphatic heterocycles. The second-order valence-electron chi connectivity index (χ2n) is 3.86. The maximum absolute atomic E-state index is 11.9. The zero-order valence-electron chi connectivity index (χ0n) is 10.2. The highest BCUT2D eigenvalue weighted by Crippen LogP contribution is 2.29. The summed E-state index contributed by atoms with van der Waals surface area (Å²) >= 11 is 6.72. The Morgan fingerprint density at radius 1 is 1.21 bits per heavy atom. The first-order valence-corrected chi connectivity index (χ1v) is 7.37. The Bertz CT molecular complexity index is 422. The molecule has 1 aromatic rings. The van der Waals surface area contributed by atoms with Crippen molar-refractivity contribution in [2.75, 3.05) is 19.8 Å². The molecule has 0 aliphatic rings. The first-order chi connectivity index (χ1) is 8.83. The lowest BCUT2D eigenvalue weighted by molar-refractivity contribution is -0.175. The number of hydrogen-bond donors (Lipinski definition) is 0. The predicted molar refractivity (Wildman–Crippen MR) is 73.9 cm³/mol. The smallest absolute Gasteiger partial charge is 0.411 e. The number of alkyl halides is 4. The van der Waals surface area contributed by atoms with E-state index < -0.39 is 12.8 Å². The van der Waals surface area contributed by atoms with Gasteiger partial charge in [0.1, 0.15) is 19.0 Å². The fourth-order valence-corrected chi connectivity index (χ4v) is 2.53. The van der Waals surface area contributed by atoms with Crippen LogP contribution in [0.2, 0.25) is 0 Å². The molecule has 0 atom stereocenters. The van der Waals surface area contributed by atoms with E-state index in [2.05, 4.69) is 36.6 Å². The minimum absolute atomic E-state index is 0.0819. The number of aryl methyl sites for hydroxylation is 1. The van der Waals surface area contributed by atoms with Crippen LogP contribution < -0.4 is 4.74 Å². The molecule has 0 aromatic heterocycles. The molecule has 0 spiro atoms. The zero-order chi connectivity index (χ0) is 14.5. The standard InChI is InChI=1S/C12H13Br2F3O2/c1-8-4-10(14)5-9(6-13)11(8)19-3-2-18-7-12(15,16)17/h4-5H,2-3,6-7H2,1H3. The Hall–Kier alpha value is -0.270. The number of hydrogen-bond acceptors (Lipinski definition) is 2. The summed E-state index contributed by atoms with van der Waals surface area (Å²) in [6.45, 7) is 0.610. The van der Waals surface area contributed by atoms with Crippen molar-refractivity contribution in [3.8, 4) is 5.75 Å². The van der Waals surface area contributed by atoms with Crippen molar-refractivity contribution >= 4 is 31.9 Å². The summed E-state index contributed by atoms with van der Waals surface area (Å²) in [5.41, 5.74) is 1.85. The maximum Gasteiger partial charge on any atom is 0.411 e. The van der Waals surface area contributed by atoms with Gasteiger partial charge in [-0.3, -0.25) is 0 Å². The topological polar surface area (TPSA) is 18.5 Å². The molecule has 0 saturated heterocycles. The van der Waals surface area contributed by atoms with E-state index in [9.17, 15) is 13.2 Å². The van der Waals surface area contributed by atoms with Gasteiger partial charge in [-0.15, -0.1) is 0 Å². The van der Waals surface area contributed by atoms with E-state index in [1.165, 1.54) is 0 Å². The third-order valence-corrected chi connectivity index (χ3v) is 3.26. The minimum atomic E-state index is -4.30. The molecule has 2 nitrogen and oxygen atoms in total. The molecule has 0 radical (unpaired) electrons. The number of halogens is 5. The van der Waals surface area contributed by atoms with E-state index >= 15 is 0 Å². The monoisotopic (exact) mass is 404 g/mol. The number of benzene rings is 1. The molecular weight excluding hydrogens is 393 g/mol. The molecule has 0 bridgehead atoms. The average Bonchev–Trinajstić information content (AvgIpc) is 2.29. The summed E-state index contributed by atoms with van der Waals surface area (Å²) in [5, 5.41) is 0.603. The van der Waals surface area contributed by atoms with Gasteiger partial charge in [-0.1, -0.05) is 31.9 Å². The predicted octanol–water partition coefficient (Wildman–Crippen LogP) is 4.61. The van der Waals surface area contributed by atoms with Crippen molar-refractivity contribution < 1.29 is 22.6 Å². The summed E-state index contributed by atoms with van der Waals surface area (Å²) < 4.78 is 46.5. The van der Waals surface area contributed by atoms with Crippen LogP contribution in [-0.4, -0.2) is 26.0 Å². The molecule has 7 heteroatoms. The molecule has 0 heterocycles. The van der Waals surface area contributed by atoms with Crippen LogP contribution in [0.25, 0.3) is 0 Å². The Labute approximate surface area is 126 Å². The summed E-state index contributed by atoms with van der Waals surface area (Å²) in [6, 6.07) is 3.78. The second-order valence-corrected chi connectivity index (χ2v) is 5.34. The summed E-state index contributed by atoms with van der Waals surface area (Å²) in [4.78, 5) is 0. The fourth-order valence-electron chi connectivity index (χ4n) is 1.50. The highest BCUT2D eigenvalue weighted by molar-refractivity contribution is 9.10. The Kier molecular flexibility index (Phi) is 6.62. The van der Waals surface area contributed by atoms with Crippen LogP contribution in [0.1, 0.15) is 11.1 Å².